The van der Waals surface area contributed by atoms with E-state index in [0.29, 0.717) is 23.7 Å². The van der Waals surface area contributed by atoms with Gasteiger partial charge in [-0.3, -0.25) is 4.79 Å². The van der Waals surface area contributed by atoms with Crippen molar-refractivity contribution in [3.05, 3.63) is 64.6 Å². The van der Waals surface area contributed by atoms with Crippen LogP contribution in [-0.4, -0.2) is 48.7 Å². The molecule has 0 radical (unpaired) electrons. The number of amides is 1. The molecule has 3 aromatic rings. The van der Waals surface area contributed by atoms with Gasteiger partial charge >= 0.3 is 6.18 Å². The Morgan fingerprint density at radius 1 is 1.17 bits per heavy atom. The van der Waals surface area contributed by atoms with E-state index in [2.05, 4.69) is 15.2 Å². The normalized spacial score (nSPS) is 15.2. The molecule has 0 aliphatic carbocycles. The Bertz CT molecular complexity index is 1130. The van der Waals surface area contributed by atoms with Crippen LogP contribution < -0.4 is 10.1 Å². The number of nitrogens with one attached hydrogen (secondary N) is 1. The Morgan fingerprint density at radius 2 is 1.91 bits per heavy atom. The van der Waals surface area contributed by atoms with Crippen molar-refractivity contribution in [2.45, 2.75) is 37.8 Å². The number of piperidine rings is 1. The van der Waals surface area contributed by atoms with E-state index in [1.807, 2.05) is 42.5 Å². The van der Waals surface area contributed by atoms with Crippen LogP contribution in [0.15, 0.2) is 53.9 Å². The number of nitrogens with zero attached hydrogens (tertiary/aromatic N) is 2. The fourth-order valence-electron chi connectivity index (χ4n) is 4.30. The maximum atomic E-state index is 13.0. The fourth-order valence-corrected chi connectivity index (χ4v) is 5.27. The minimum atomic E-state index is -4.09. The number of hydrogen-bond donors (Lipinski definition) is 1. The van der Waals surface area contributed by atoms with Crippen molar-refractivity contribution in [3.63, 3.8) is 0 Å². The molecule has 1 aliphatic heterocycles. The van der Waals surface area contributed by atoms with Gasteiger partial charge < -0.3 is 15.0 Å². The van der Waals surface area contributed by atoms with Crippen molar-refractivity contribution < 1.29 is 22.7 Å². The van der Waals surface area contributed by atoms with Crippen LogP contribution in [0.1, 0.15) is 47.1 Å². The van der Waals surface area contributed by atoms with Crippen molar-refractivity contribution in [3.8, 4) is 16.9 Å². The first-order valence-electron chi connectivity index (χ1n) is 11.6. The molecule has 1 amide bonds. The molecule has 1 N–H and O–H groups in total. The highest BCUT2D eigenvalue weighted by Crippen LogP contribution is 2.33. The highest BCUT2D eigenvalue weighted by atomic mass is 32.1. The number of benzene rings is 2. The first-order chi connectivity index (χ1) is 16.8. The molecular formula is C26H28F3N3O2S. The second-order valence-electron chi connectivity index (χ2n) is 8.64. The first kappa shape index (κ1) is 25.2. The molecule has 4 rings (SSSR count). The molecule has 0 atom stereocenters. The molecule has 0 saturated carbocycles. The van der Waals surface area contributed by atoms with Crippen molar-refractivity contribution in [2.75, 3.05) is 32.1 Å². The van der Waals surface area contributed by atoms with Gasteiger partial charge in [-0.2, -0.15) is 13.2 Å². The highest BCUT2D eigenvalue weighted by Gasteiger charge is 2.28. The van der Waals surface area contributed by atoms with Crippen LogP contribution in [0.5, 0.6) is 5.75 Å². The number of likely N-dealkylation sites (tertiary alicyclic amines) is 1. The third-order valence-electron chi connectivity index (χ3n) is 6.19. The van der Waals surface area contributed by atoms with Crippen molar-refractivity contribution in [1.29, 1.82) is 0 Å². The van der Waals surface area contributed by atoms with E-state index in [1.165, 1.54) is 11.3 Å². The Balaban J connectivity index is 1.38. The van der Waals surface area contributed by atoms with Gasteiger partial charge in [0, 0.05) is 29.3 Å². The number of rotatable bonds is 8. The van der Waals surface area contributed by atoms with Gasteiger partial charge in [0.25, 0.3) is 5.91 Å². The van der Waals surface area contributed by atoms with E-state index in [9.17, 15) is 18.0 Å². The lowest BCUT2D eigenvalue weighted by Gasteiger charge is -2.31. The molecule has 5 nitrogen and oxygen atoms in total. The van der Waals surface area contributed by atoms with Crippen LogP contribution >= 0.6 is 11.3 Å². The lowest BCUT2D eigenvalue weighted by atomic mass is 9.97. The molecule has 1 aliphatic rings. The summed E-state index contributed by atoms with van der Waals surface area (Å²) in [7, 11) is 1.58. The molecule has 1 saturated heterocycles. The molecule has 186 valence electrons. The number of alkyl halides is 3. The number of carbonyl (C=O) groups is 1. The predicted molar refractivity (Wildman–Crippen MR) is 132 cm³/mol. The summed E-state index contributed by atoms with van der Waals surface area (Å²) < 4.78 is 42.5. The predicted octanol–water partition coefficient (Wildman–Crippen LogP) is 6.59. The van der Waals surface area contributed by atoms with E-state index in [-0.39, 0.29) is 18.2 Å². The second-order valence-corrected chi connectivity index (χ2v) is 9.53. The minimum absolute atomic E-state index is 0.130. The molecule has 1 fully saturated rings. The Hall–Kier alpha value is -2.91. The SMILES string of the molecule is COc1ccc(-c2ccccc2)c(NC(=O)c2csc(C3CCN(CCCC(F)(F)F)CC3)n2)c1. The zero-order chi connectivity index (χ0) is 24.8. The summed E-state index contributed by atoms with van der Waals surface area (Å²) in [5.41, 5.74) is 2.86. The molecular weight excluding hydrogens is 475 g/mol. The van der Waals surface area contributed by atoms with Crippen LogP contribution in [0, 0.1) is 0 Å². The Morgan fingerprint density at radius 3 is 2.60 bits per heavy atom. The second kappa shape index (κ2) is 11.2. The van der Waals surface area contributed by atoms with Gasteiger partial charge in [0.1, 0.15) is 11.4 Å². The smallest absolute Gasteiger partial charge is 0.389 e. The summed E-state index contributed by atoms with van der Waals surface area (Å²) in [6, 6.07) is 15.4. The number of carbonyl (C=O) groups excluding carboxylic acids is 1. The van der Waals surface area contributed by atoms with Crippen LogP contribution in [0.25, 0.3) is 11.1 Å². The number of aromatic nitrogens is 1. The van der Waals surface area contributed by atoms with Crippen LogP contribution in [0.2, 0.25) is 0 Å². The van der Waals surface area contributed by atoms with E-state index >= 15 is 0 Å². The lowest BCUT2D eigenvalue weighted by molar-refractivity contribution is -0.136. The van der Waals surface area contributed by atoms with Gasteiger partial charge in [-0.15, -0.1) is 11.3 Å². The number of anilines is 1. The number of thiazole rings is 1. The average Bonchev–Trinajstić information content (AvgIpc) is 3.35. The van der Waals surface area contributed by atoms with Crippen LogP contribution in [-0.2, 0) is 0 Å². The summed E-state index contributed by atoms with van der Waals surface area (Å²) in [5, 5.41) is 5.65. The van der Waals surface area contributed by atoms with Gasteiger partial charge in [0.15, 0.2) is 0 Å². The van der Waals surface area contributed by atoms with Crippen molar-refractivity contribution in [1.82, 2.24) is 9.88 Å². The van der Waals surface area contributed by atoms with Gasteiger partial charge in [0.05, 0.1) is 17.8 Å². The topological polar surface area (TPSA) is 54.5 Å². The van der Waals surface area contributed by atoms with Crippen molar-refractivity contribution in [2.24, 2.45) is 0 Å². The molecule has 0 spiro atoms. The monoisotopic (exact) mass is 503 g/mol. The number of hydrogen-bond acceptors (Lipinski definition) is 5. The third-order valence-corrected chi connectivity index (χ3v) is 7.19. The summed E-state index contributed by atoms with van der Waals surface area (Å²) in [4.78, 5) is 19.7. The summed E-state index contributed by atoms with van der Waals surface area (Å²) in [6.07, 6.45) is -3.05. The highest BCUT2D eigenvalue weighted by molar-refractivity contribution is 7.10. The largest absolute Gasteiger partial charge is 0.497 e. The van der Waals surface area contributed by atoms with Gasteiger partial charge in [0.2, 0.25) is 0 Å². The molecule has 0 bridgehead atoms. The summed E-state index contributed by atoms with van der Waals surface area (Å²) >= 11 is 1.46. The summed E-state index contributed by atoms with van der Waals surface area (Å²) in [5.74, 6) is 0.570. The van der Waals surface area contributed by atoms with Crippen LogP contribution in [0.3, 0.4) is 0 Å². The molecule has 2 aromatic carbocycles. The number of halogens is 3. The van der Waals surface area contributed by atoms with E-state index < -0.39 is 12.6 Å². The van der Waals surface area contributed by atoms with E-state index in [1.54, 1.807) is 18.6 Å². The standard InChI is InChI=1S/C26H28F3N3O2S/c1-34-20-8-9-21(18-6-3-2-4-7-18)22(16-20)30-24(33)23-17-35-25(31-23)19-10-14-32(15-11-19)13-5-12-26(27,28)29/h2-4,6-9,16-17,19H,5,10-15H2,1H3,(H,30,33). The average molecular weight is 504 g/mol. The molecule has 9 heteroatoms. The first-order valence-corrected chi connectivity index (χ1v) is 12.5. The molecule has 35 heavy (non-hydrogen) atoms. The van der Waals surface area contributed by atoms with E-state index in [0.717, 1.165) is 42.1 Å². The molecule has 2 heterocycles. The maximum Gasteiger partial charge on any atom is 0.389 e. The quantitative estimate of drug-likeness (QED) is 0.377. The fraction of sp³-hybridized carbons (Fsp3) is 0.385. The minimum Gasteiger partial charge on any atom is -0.497 e. The summed E-state index contributed by atoms with van der Waals surface area (Å²) in [6.45, 7) is 1.95. The lowest BCUT2D eigenvalue weighted by Crippen LogP contribution is -2.34. The Kier molecular flexibility index (Phi) is 8.07. The Labute approximate surface area is 206 Å². The zero-order valence-corrected chi connectivity index (χ0v) is 20.3. The molecule has 1 aromatic heterocycles. The van der Waals surface area contributed by atoms with Gasteiger partial charge in [-0.05, 0) is 56.6 Å². The van der Waals surface area contributed by atoms with Crippen molar-refractivity contribution >= 4 is 22.9 Å². The van der Waals surface area contributed by atoms with Crippen LogP contribution in [0.4, 0.5) is 18.9 Å². The molecule has 0 unspecified atom stereocenters. The number of ether oxygens (including phenoxy) is 1. The third kappa shape index (κ3) is 6.82. The van der Waals surface area contributed by atoms with Gasteiger partial charge in [-0.1, -0.05) is 30.3 Å². The van der Waals surface area contributed by atoms with E-state index in [4.69, 9.17) is 4.74 Å². The zero-order valence-electron chi connectivity index (χ0n) is 19.5. The van der Waals surface area contributed by atoms with Gasteiger partial charge in [-0.25, -0.2) is 4.98 Å². The maximum absolute atomic E-state index is 13.0. The number of methoxy groups -OCH3 is 1.